The molecule has 0 N–H and O–H groups in total. The highest BCUT2D eigenvalue weighted by Crippen LogP contribution is 2.43. The molecule has 3 heterocycles. The Morgan fingerprint density at radius 2 is 0.917 bits per heavy atom. The van der Waals surface area contributed by atoms with Gasteiger partial charge in [-0.2, -0.15) is 0 Å². The maximum Gasteiger partial charge on any atom is 0.235 e. The quantitative estimate of drug-likeness (QED) is 0.169. The molecule has 0 radical (unpaired) electrons. The van der Waals surface area contributed by atoms with Gasteiger partial charge in [0.05, 0.1) is 22.2 Å². The standard InChI is InChI=1S/C56H35N3O/c1-3-15-36(16-4-1)43-33-48(42-22-14-21-40(32-42)38-19-13-20-39(31-38)41-29-30-46-45-24-9-12-28-52(45)60-53(46)35-41)55-49(34-43)44-23-8-11-27-51(44)59(55)56-57-50-26-10-7-25-47(50)54(58-56)37-17-5-2-6-18-37/h1-35H. The molecule has 12 rings (SSSR count). The van der Waals surface area contributed by atoms with Gasteiger partial charge in [-0.3, -0.25) is 4.57 Å². The smallest absolute Gasteiger partial charge is 0.235 e. The van der Waals surface area contributed by atoms with E-state index in [9.17, 15) is 0 Å². The van der Waals surface area contributed by atoms with Gasteiger partial charge in [-0.1, -0.05) is 158 Å². The lowest BCUT2D eigenvalue weighted by molar-refractivity contribution is 0.669. The number of fused-ring (bicyclic) bond motifs is 7. The van der Waals surface area contributed by atoms with E-state index < -0.39 is 0 Å². The highest BCUT2D eigenvalue weighted by molar-refractivity contribution is 6.15. The van der Waals surface area contributed by atoms with Gasteiger partial charge < -0.3 is 4.42 Å². The average molecular weight is 766 g/mol. The summed E-state index contributed by atoms with van der Waals surface area (Å²) in [5.41, 5.74) is 15.8. The van der Waals surface area contributed by atoms with Gasteiger partial charge >= 0.3 is 0 Å². The van der Waals surface area contributed by atoms with Crippen LogP contribution in [0.4, 0.5) is 0 Å². The third-order valence-corrected chi connectivity index (χ3v) is 11.8. The van der Waals surface area contributed by atoms with Crippen molar-refractivity contribution < 1.29 is 4.42 Å². The minimum absolute atomic E-state index is 0.637. The van der Waals surface area contributed by atoms with Crippen LogP contribution in [0.25, 0.3) is 116 Å². The molecule has 0 atom stereocenters. The molecule has 0 bridgehead atoms. The van der Waals surface area contributed by atoms with Crippen LogP contribution in [0, 0.1) is 0 Å². The molecule has 280 valence electrons. The van der Waals surface area contributed by atoms with E-state index in [0.29, 0.717) is 5.95 Å². The van der Waals surface area contributed by atoms with Gasteiger partial charge in [-0.15, -0.1) is 0 Å². The summed E-state index contributed by atoms with van der Waals surface area (Å²) >= 11 is 0. The Labute approximate surface area is 346 Å². The van der Waals surface area contributed by atoms with Crippen LogP contribution in [-0.4, -0.2) is 14.5 Å². The predicted molar refractivity (Wildman–Crippen MR) is 248 cm³/mol. The maximum absolute atomic E-state index is 6.27. The largest absolute Gasteiger partial charge is 0.456 e. The normalized spacial score (nSPS) is 11.7. The van der Waals surface area contributed by atoms with Crippen LogP contribution in [0.1, 0.15) is 0 Å². The van der Waals surface area contributed by atoms with Gasteiger partial charge in [0.25, 0.3) is 0 Å². The molecule has 4 heteroatoms. The Bertz CT molecular complexity index is 3600. The first-order chi connectivity index (χ1) is 29.7. The van der Waals surface area contributed by atoms with Crippen molar-refractivity contribution in [3.63, 3.8) is 0 Å². The lowest BCUT2D eigenvalue weighted by Crippen LogP contribution is -2.04. The Balaban J connectivity index is 1.07. The maximum atomic E-state index is 6.27. The molecule has 0 aliphatic rings. The van der Waals surface area contributed by atoms with Crippen LogP contribution in [-0.2, 0) is 0 Å². The molecule has 3 aromatic heterocycles. The zero-order valence-electron chi connectivity index (χ0n) is 32.5. The number of benzene rings is 9. The van der Waals surface area contributed by atoms with E-state index in [1.165, 1.54) is 0 Å². The number of hydrogen-bond donors (Lipinski definition) is 0. The van der Waals surface area contributed by atoms with Gasteiger partial charge in [-0.05, 0) is 93.5 Å². The van der Waals surface area contributed by atoms with Crippen molar-refractivity contribution in [2.45, 2.75) is 0 Å². The number of rotatable bonds is 6. The number of hydrogen-bond acceptors (Lipinski definition) is 3. The fourth-order valence-corrected chi connectivity index (χ4v) is 8.95. The minimum atomic E-state index is 0.637. The monoisotopic (exact) mass is 765 g/mol. The predicted octanol–water partition coefficient (Wildman–Crippen LogP) is 15.0. The van der Waals surface area contributed by atoms with Crippen LogP contribution in [0.2, 0.25) is 0 Å². The van der Waals surface area contributed by atoms with Gasteiger partial charge in [0.1, 0.15) is 11.2 Å². The first-order valence-corrected chi connectivity index (χ1v) is 20.3. The summed E-state index contributed by atoms with van der Waals surface area (Å²) in [7, 11) is 0. The van der Waals surface area contributed by atoms with E-state index in [0.717, 1.165) is 110 Å². The molecule has 0 saturated heterocycles. The van der Waals surface area contributed by atoms with E-state index in [1.54, 1.807) is 0 Å². The number of aromatic nitrogens is 3. The Kier molecular flexibility index (Phi) is 7.82. The molecular weight excluding hydrogens is 731 g/mol. The van der Waals surface area contributed by atoms with Gasteiger partial charge in [-0.25, -0.2) is 9.97 Å². The van der Waals surface area contributed by atoms with Crippen molar-refractivity contribution in [3.05, 3.63) is 212 Å². The average Bonchev–Trinajstić information content (AvgIpc) is 3.87. The molecule has 0 amide bonds. The second kappa shape index (κ2) is 13.8. The van der Waals surface area contributed by atoms with Crippen LogP contribution < -0.4 is 0 Å². The lowest BCUT2D eigenvalue weighted by Gasteiger charge is -2.15. The molecule has 4 nitrogen and oxygen atoms in total. The van der Waals surface area contributed by atoms with Crippen LogP contribution in [0.15, 0.2) is 217 Å². The summed E-state index contributed by atoms with van der Waals surface area (Å²) in [6.45, 7) is 0. The summed E-state index contributed by atoms with van der Waals surface area (Å²) in [4.78, 5) is 10.7. The summed E-state index contributed by atoms with van der Waals surface area (Å²) < 4.78 is 8.55. The van der Waals surface area contributed by atoms with E-state index >= 15 is 0 Å². The van der Waals surface area contributed by atoms with E-state index in [-0.39, 0.29) is 0 Å². The third-order valence-electron chi connectivity index (χ3n) is 11.8. The Morgan fingerprint density at radius 1 is 0.333 bits per heavy atom. The van der Waals surface area contributed by atoms with Crippen molar-refractivity contribution in [3.8, 4) is 61.7 Å². The summed E-state index contributed by atoms with van der Waals surface area (Å²) in [5.74, 6) is 0.637. The van der Waals surface area contributed by atoms with E-state index in [2.05, 4.69) is 199 Å². The summed E-state index contributed by atoms with van der Waals surface area (Å²) in [5, 5.41) is 5.58. The second-order valence-corrected chi connectivity index (χ2v) is 15.4. The highest BCUT2D eigenvalue weighted by Gasteiger charge is 2.22. The number of furan rings is 1. The van der Waals surface area contributed by atoms with Crippen LogP contribution in [0.3, 0.4) is 0 Å². The topological polar surface area (TPSA) is 43.9 Å². The first-order valence-electron chi connectivity index (χ1n) is 20.3. The molecule has 0 fully saturated rings. The Morgan fingerprint density at radius 3 is 1.70 bits per heavy atom. The molecular formula is C56H35N3O. The fourth-order valence-electron chi connectivity index (χ4n) is 8.95. The number of para-hydroxylation sites is 3. The van der Waals surface area contributed by atoms with Crippen molar-refractivity contribution in [1.29, 1.82) is 0 Å². The van der Waals surface area contributed by atoms with E-state index in [4.69, 9.17) is 14.4 Å². The second-order valence-electron chi connectivity index (χ2n) is 15.4. The minimum Gasteiger partial charge on any atom is -0.456 e. The SMILES string of the molecule is c1ccc(-c2cc(-c3cccc(-c4cccc(-c5ccc6c(c5)oc5ccccc56)c4)c3)c3c(c2)c2ccccc2n3-c2nc(-c3ccccc3)c3ccccc3n2)cc1. The molecule has 9 aromatic carbocycles. The van der Waals surface area contributed by atoms with Gasteiger partial charge in [0.2, 0.25) is 5.95 Å². The van der Waals surface area contributed by atoms with Crippen molar-refractivity contribution in [1.82, 2.24) is 14.5 Å². The van der Waals surface area contributed by atoms with Gasteiger partial charge in [0.15, 0.2) is 0 Å². The summed E-state index contributed by atoms with van der Waals surface area (Å²) in [6.07, 6.45) is 0. The first kappa shape index (κ1) is 34.0. The van der Waals surface area contributed by atoms with Crippen LogP contribution >= 0.6 is 0 Å². The molecule has 0 aliphatic carbocycles. The third kappa shape index (κ3) is 5.61. The van der Waals surface area contributed by atoms with E-state index in [1.807, 2.05) is 18.2 Å². The molecule has 0 saturated carbocycles. The van der Waals surface area contributed by atoms with Crippen molar-refractivity contribution in [2.24, 2.45) is 0 Å². The van der Waals surface area contributed by atoms with Crippen molar-refractivity contribution >= 4 is 54.6 Å². The zero-order chi connectivity index (χ0) is 39.6. The molecule has 0 unspecified atom stereocenters. The molecule has 0 spiro atoms. The highest BCUT2D eigenvalue weighted by atomic mass is 16.3. The lowest BCUT2D eigenvalue weighted by atomic mass is 9.93. The fraction of sp³-hybridized carbons (Fsp3) is 0. The number of nitrogens with zero attached hydrogens (tertiary/aromatic N) is 3. The zero-order valence-corrected chi connectivity index (χ0v) is 32.5. The summed E-state index contributed by atoms with van der Waals surface area (Å²) in [6, 6.07) is 75.2. The molecule has 0 aliphatic heterocycles. The molecule has 60 heavy (non-hydrogen) atoms. The Hall–Kier alpha value is -8.08. The van der Waals surface area contributed by atoms with Gasteiger partial charge in [0, 0.05) is 38.1 Å². The van der Waals surface area contributed by atoms with Crippen LogP contribution in [0.5, 0.6) is 0 Å². The molecule has 12 aromatic rings. The van der Waals surface area contributed by atoms with Crippen molar-refractivity contribution in [2.75, 3.05) is 0 Å².